The summed E-state index contributed by atoms with van der Waals surface area (Å²) in [5.74, 6) is -0.911. The fourth-order valence-electron chi connectivity index (χ4n) is 3.39. The third-order valence-corrected chi connectivity index (χ3v) is 5.15. The van der Waals surface area contributed by atoms with Crippen LogP contribution in [0.1, 0.15) is 57.1 Å². The van der Waals surface area contributed by atoms with Crippen LogP contribution in [0.5, 0.6) is 0 Å². The summed E-state index contributed by atoms with van der Waals surface area (Å²) < 4.78 is 0. The van der Waals surface area contributed by atoms with E-state index in [2.05, 4.69) is 26.0 Å². The molecule has 182 valence electrons. The van der Waals surface area contributed by atoms with E-state index in [4.69, 9.17) is 0 Å². The number of allylic oxidation sites excluding steroid dienone is 2. The van der Waals surface area contributed by atoms with Crippen LogP contribution in [0.3, 0.4) is 0 Å². The van der Waals surface area contributed by atoms with Crippen molar-refractivity contribution in [1.82, 2.24) is 15.8 Å². The predicted molar refractivity (Wildman–Crippen MR) is 146 cm³/mol. The van der Waals surface area contributed by atoms with Gasteiger partial charge in [0.25, 0.3) is 11.8 Å². The van der Waals surface area contributed by atoms with Gasteiger partial charge >= 0.3 is 0 Å². The van der Waals surface area contributed by atoms with Crippen molar-refractivity contribution >= 4 is 36.4 Å². The Hall–Kier alpha value is -4.65. The van der Waals surface area contributed by atoms with E-state index in [1.165, 1.54) is 6.07 Å². The molecule has 0 saturated carbocycles. The van der Waals surface area contributed by atoms with E-state index >= 15 is 0 Å². The van der Waals surface area contributed by atoms with Gasteiger partial charge in [0.1, 0.15) is 0 Å². The van der Waals surface area contributed by atoms with Gasteiger partial charge in [-0.25, -0.2) is 10.9 Å². The van der Waals surface area contributed by atoms with Crippen molar-refractivity contribution < 1.29 is 9.59 Å². The summed E-state index contributed by atoms with van der Waals surface area (Å²) in [7, 11) is 0. The lowest BCUT2D eigenvalue weighted by Gasteiger charge is -2.09. The number of rotatable bonds is 8. The lowest BCUT2D eigenvalue weighted by atomic mass is 10.1. The summed E-state index contributed by atoms with van der Waals surface area (Å²) in [6, 6.07) is 21.1. The first-order chi connectivity index (χ1) is 17.3. The van der Waals surface area contributed by atoms with Crippen LogP contribution in [-0.2, 0) is 0 Å². The van der Waals surface area contributed by atoms with Crippen molar-refractivity contribution in [2.24, 2.45) is 10.2 Å². The maximum Gasteiger partial charge on any atom is 0.273 e. The largest absolute Gasteiger partial charge is 0.273 e. The SMILES string of the molecule is CC(/C=N\NC(=O)c1cc(C(=O)N/N=C\C(C)=C\c2ccccc2)c(C)nc1C)=C/c1ccccc1. The molecule has 7 heteroatoms. The van der Waals surface area contributed by atoms with E-state index in [-0.39, 0.29) is 11.1 Å². The second kappa shape index (κ2) is 12.7. The molecular weight excluding hydrogens is 450 g/mol. The van der Waals surface area contributed by atoms with Gasteiger partial charge < -0.3 is 0 Å². The first-order valence-electron chi connectivity index (χ1n) is 11.4. The molecule has 0 aliphatic carbocycles. The molecule has 0 bridgehead atoms. The molecule has 0 spiro atoms. The number of carbonyl (C=O) groups is 2. The van der Waals surface area contributed by atoms with Gasteiger partial charge in [-0.2, -0.15) is 10.2 Å². The summed E-state index contributed by atoms with van der Waals surface area (Å²) in [4.78, 5) is 29.8. The Bertz CT molecular complexity index is 1240. The second-order valence-electron chi connectivity index (χ2n) is 8.25. The molecule has 0 atom stereocenters. The fraction of sp³-hybridized carbons (Fsp3) is 0.138. The first-order valence-corrected chi connectivity index (χ1v) is 11.4. The van der Waals surface area contributed by atoms with E-state index in [0.29, 0.717) is 11.4 Å². The Morgan fingerprint density at radius 1 is 0.694 bits per heavy atom. The number of nitrogens with zero attached hydrogens (tertiary/aromatic N) is 3. The topological polar surface area (TPSA) is 95.8 Å². The number of benzene rings is 2. The van der Waals surface area contributed by atoms with Crippen molar-refractivity contribution in [3.63, 3.8) is 0 Å². The normalized spacial score (nSPS) is 12.2. The fourth-order valence-corrected chi connectivity index (χ4v) is 3.39. The van der Waals surface area contributed by atoms with E-state index in [1.54, 1.807) is 26.3 Å². The zero-order valence-electron chi connectivity index (χ0n) is 20.8. The van der Waals surface area contributed by atoms with Crippen LogP contribution in [0.25, 0.3) is 12.2 Å². The van der Waals surface area contributed by atoms with Crippen LogP contribution in [0.2, 0.25) is 0 Å². The molecule has 7 nitrogen and oxygen atoms in total. The summed E-state index contributed by atoms with van der Waals surface area (Å²) in [5, 5.41) is 8.07. The lowest BCUT2D eigenvalue weighted by Crippen LogP contribution is -2.23. The average Bonchev–Trinajstić information content (AvgIpc) is 2.85. The summed E-state index contributed by atoms with van der Waals surface area (Å²) in [6.07, 6.45) is 7.03. The number of pyridine rings is 1. The van der Waals surface area contributed by atoms with Gasteiger partial charge in [0.2, 0.25) is 0 Å². The molecule has 2 N–H and O–H groups in total. The molecule has 2 amide bonds. The van der Waals surface area contributed by atoms with Crippen LogP contribution in [0.4, 0.5) is 0 Å². The molecule has 0 radical (unpaired) electrons. The molecule has 0 aliphatic heterocycles. The minimum atomic E-state index is -0.456. The molecule has 0 saturated heterocycles. The first kappa shape index (κ1) is 26.0. The molecule has 2 aromatic carbocycles. The van der Waals surface area contributed by atoms with Crippen molar-refractivity contribution in [1.29, 1.82) is 0 Å². The number of aromatic nitrogens is 1. The average molecular weight is 480 g/mol. The summed E-state index contributed by atoms with van der Waals surface area (Å²) >= 11 is 0. The summed E-state index contributed by atoms with van der Waals surface area (Å²) in [6.45, 7) is 7.20. The van der Waals surface area contributed by atoms with Gasteiger partial charge in [0, 0.05) is 0 Å². The lowest BCUT2D eigenvalue weighted by molar-refractivity contribution is 0.0954. The third kappa shape index (κ3) is 7.70. The minimum Gasteiger partial charge on any atom is -0.267 e. The van der Waals surface area contributed by atoms with E-state index in [0.717, 1.165) is 22.3 Å². The molecule has 0 aliphatic rings. The highest BCUT2D eigenvalue weighted by atomic mass is 16.2. The van der Waals surface area contributed by atoms with Crippen LogP contribution in [0.15, 0.2) is 88.1 Å². The number of aryl methyl sites for hydroxylation is 2. The monoisotopic (exact) mass is 479 g/mol. The number of hydrogen-bond acceptors (Lipinski definition) is 5. The predicted octanol–water partition coefficient (Wildman–Crippen LogP) is 5.34. The van der Waals surface area contributed by atoms with E-state index in [1.807, 2.05) is 86.7 Å². The molecule has 1 aromatic heterocycles. The highest BCUT2D eigenvalue weighted by Crippen LogP contribution is 2.13. The van der Waals surface area contributed by atoms with Gasteiger partial charge in [-0.1, -0.05) is 72.8 Å². The van der Waals surface area contributed by atoms with E-state index in [9.17, 15) is 9.59 Å². The third-order valence-electron chi connectivity index (χ3n) is 5.15. The number of hydrogen-bond donors (Lipinski definition) is 2. The minimum absolute atomic E-state index is 0.261. The van der Waals surface area contributed by atoms with Gasteiger partial charge in [-0.3, -0.25) is 14.6 Å². The molecule has 0 unspecified atom stereocenters. The van der Waals surface area contributed by atoms with Gasteiger partial charge in [-0.05, 0) is 56.0 Å². The molecule has 3 aromatic rings. The smallest absolute Gasteiger partial charge is 0.267 e. The second-order valence-corrected chi connectivity index (χ2v) is 8.25. The maximum absolute atomic E-state index is 12.7. The molecule has 0 fully saturated rings. The van der Waals surface area contributed by atoms with Crippen LogP contribution in [0, 0.1) is 13.8 Å². The zero-order chi connectivity index (χ0) is 25.9. The van der Waals surface area contributed by atoms with Crippen LogP contribution < -0.4 is 10.9 Å². The summed E-state index contributed by atoms with van der Waals surface area (Å²) in [5.41, 5.74) is 10.3. The Kier molecular flexibility index (Phi) is 9.17. The molecule has 36 heavy (non-hydrogen) atoms. The Balaban J connectivity index is 1.66. The maximum atomic E-state index is 12.7. The van der Waals surface area contributed by atoms with Crippen molar-refractivity contribution in [3.8, 4) is 0 Å². The quantitative estimate of drug-likeness (QED) is 0.337. The van der Waals surface area contributed by atoms with Gasteiger partial charge in [-0.15, -0.1) is 0 Å². The molecule has 1 heterocycles. The number of hydrazone groups is 2. The Morgan fingerprint density at radius 3 is 1.47 bits per heavy atom. The highest BCUT2D eigenvalue weighted by Gasteiger charge is 2.17. The number of carbonyl (C=O) groups excluding carboxylic acids is 2. The zero-order valence-corrected chi connectivity index (χ0v) is 20.8. The van der Waals surface area contributed by atoms with E-state index < -0.39 is 11.8 Å². The van der Waals surface area contributed by atoms with Crippen molar-refractivity contribution in [3.05, 3.63) is 112 Å². The van der Waals surface area contributed by atoms with Crippen LogP contribution in [-0.4, -0.2) is 29.2 Å². The highest BCUT2D eigenvalue weighted by molar-refractivity contribution is 6.01. The number of amides is 2. The number of nitrogens with one attached hydrogen (secondary N) is 2. The standard InChI is InChI=1S/C29H29N5O2/c1-20(15-24-11-7-5-8-12-24)18-30-33-28(35)26-17-27(23(4)32-22(26)3)29(36)34-31-19-21(2)16-25-13-9-6-10-14-25/h5-19H,1-4H3,(H,33,35)(H,34,36)/b20-15-,21-16+,30-18-,31-19-. The molecular formula is C29H29N5O2. The van der Waals surface area contributed by atoms with Gasteiger partial charge in [0.05, 0.1) is 34.9 Å². The molecule has 3 rings (SSSR count). The Morgan fingerprint density at radius 2 is 1.08 bits per heavy atom. The Labute approximate surface area is 211 Å². The van der Waals surface area contributed by atoms with Crippen molar-refractivity contribution in [2.45, 2.75) is 27.7 Å². The van der Waals surface area contributed by atoms with Crippen molar-refractivity contribution in [2.75, 3.05) is 0 Å². The van der Waals surface area contributed by atoms with Gasteiger partial charge in [0.15, 0.2) is 0 Å². The van der Waals surface area contributed by atoms with Crippen LogP contribution >= 0.6 is 0 Å².